The zero-order chi connectivity index (χ0) is 22.3. The summed E-state index contributed by atoms with van der Waals surface area (Å²) in [5, 5.41) is 0. The first-order chi connectivity index (χ1) is 14.7. The van der Waals surface area contributed by atoms with Crippen molar-refractivity contribution >= 4 is 15.4 Å². The fraction of sp³-hybridized carbons (Fsp3) is 0.125. The lowest BCUT2D eigenvalue weighted by Gasteiger charge is -2.21. The van der Waals surface area contributed by atoms with Crippen molar-refractivity contribution < 1.29 is 12.8 Å². The molecule has 2 aromatic heterocycles. The maximum atomic E-state index is 14.1. The van der Waals surface area contributed by atoms with E-state index in [-0.39, 0.29) is 10.5 Å². The number of halogens is 1. The van der Waals surface area contributed by atoms with Crippen LogP contribution in [0.4, 0.5) is 4.39 Å². The first-order valence-corrected chi connectivity index (χ1v) is 11.6. The first-order valence-electron chi connectivity index (χ1n) is 9.67. The molecule has 2 aromatic carbocycles. The molecule has 0 radical (unpaired) electrons. The summed E-state index contributed by atoms with van der Waals surface area (Å²) in [6, 6.07) is 17.8. The largest absolute Gasteiger partial charge is 0.324 e. The van der Waals surface area contributed by atoms with Gasteiger partial charge < -0.3 is 5.73 Å². The van der Waals surface area contributed by atoms with Crippen molar-refractivity contribution in [2.75, 3.05) is 6.26 Å². The van der Waals surface area contributed by atoms with E-state index in [1.54, 1.807) is 19.1 Å². The molecular formula is C24H21FN2O3S. The molecule has 5 nitrogen and oxygen atoms in total. The summed E-state index contributed by atoms with van der Waals surface area (Å²) >= 11 is 0. The minimum absolute atomic E-state index is 0.185. The van der Waals surface area contributed by atoms with Crippen LogP contribution in [0.25, 0.3) is 27.8 Å². The van der Waals surface area contributed by atoms with Gasteiger partial charge in [0.05, 0.1) is 16.0 Å². The van der Waals surface area contributed by atoms with Crippen LogP contribution in [0.1, 0.15) is 18.5 Å². The van der Waals surface area contributed by atoms with Crippen LogP contribution >= 0.6 is 0 Å². The Kier molecular flexibility index (Phi) is 5.24. The van der Waals surface area contributed by atoms with Crippen LogP contribution in [0.2, 0.25) is 0 Å². The molecule has 0 aliphatic heterocycles. The Balaban J connectivity index is 2.17. The fourth-order valence-corrected chi connectivity index (χ4v) is 4.49. The van der Waals surface area contributed by atoms with Gasteiger partial charge in [-0.3, -0.25) is 9.20 Å². The third-order valence-electron chi connectivity index (χ3n) is 5.23. The van der Waals surface area contributed by atoms with E-state index in [1.165, 1.54) is 28.7 Å². The molecule has 0 saturated heterocycles. The average Bonchev–Trinajstić information content (AvgIpc) is 2.74. The predicted molar refractivity (Wildman–Crippen MR) is 120 cm³/mol. The molecule has 0 aliphatic carbocycles. The number of rotatable bonds is 4. The van der Waals surface area contributed by atoms with Crippen LogP contribution in [-0.2, 0) is 9.84 Å². The van der Waals surface area contributed by atoms with E-state index >= 15 is 0 Å². The highest BCUT2D eigenvalue weighted by Crippen LogP contribution is 2.37. The number of hydrogen-bond acceptors (Lipinski definition) is 4. The molecule has 7 heteroatoms. The van der Waals surface area contributed by atoms with Gasteiger partial charge in [-0.1, -0.05) is 42.5 Å². The van der Waals surface area contributed by atoms with Crippen molar-refractivity contribution in [1.82, 2.24) is 4.40 Å². The smallest absolute Gasteiger partial charge is 0.263 e. The second kappa shape index (κ2) is 7.76. The van der Waals surface area contributed by atoms with Crippen LogP contribution in [0.3, 0.4) is 0 Å². The third-order valence-corrected chi connectivity index (χ3v) is 6.36. The number of nitrogens with two attached hydrogens (primary N) is 1. The molecule has 0 fully saturated rings. The Bertz CT molecular complexity index is 1440. The van der Waals surface area contributed by atoms with Gasteiger partial charge in [0.25, 0.3) is 5.56 Å². The minimum Gasteiger partial charge on any atom is -0.324 e. The highest BCUT2D eigenvalue weighted by atomic mass is 32.2. The fourth-order valence-electron chi connectivity index (χ4n) is 3.86. The van der Waals surface area contributed by atoms with Crippen molar-refractivity contribution in [2.24, 2.45) is 5.73 Å². The summed E-state index contributed by atoms with van der Waals surface area (Å²) in [4.78, 5) is 13.6. The summed E-state index contributed by atoms with van der Waals surface area (Å²) in [7, 11) is -3.36. The molecule has 2 heterocycles. The van der Waals surface area contributed by atoms with Gasteiger partial charge in [-0.2, -0.15) is 0 Å². The molecule has 0 spiro atoms. The number of benzene rings is 2. The number of sulfone groups is 1. The number of hydrogen-bond donors (Lipinski definition) is 1. The predicted octanol–water partition coefficient (Wildman–Crippen LogP) is 4.20. The monoisotopic (exact) mass is 436 g/mol. The highest BCUT2D eigenvalue weighted by Gasteiger charge is 2.23. The molecule has 4 rings (SSSR count). The van der Waals surface area contributed by atoms with E-state index in [1.807, 2.05) is 30.3 Å². The van der Waals surface area contributed by atoms with E-state index in [4.69, 9.17) is 5.73 Å². The number of pyridine rings is 2. The van der Waals surface area contributed by atoms with E-state index in [0.717, 1.165) is 12.5 Å². The zero-order valence-electron chi connectivity index (χ0n) is 17.0. The lowest BCUT2D eigenvalue weighted by Crippen LogP contribution is -2.23. The second-order valence-corrected chi connectivity index (χ2v) is 9.54. The van der Waals surface area contributed by atoms with Gasteiger partial charge in [0.2, 0.25) is 0 Å². The van der Waals surface area contributed by atoms with Gasteiger partial charge in [0.1, 0.15) is 5.82 Å². The number of nitrogens with zero attached hydrogens (tertiary/aromatic N) is 1. The quantitative estimate of drug-likeness (QED) is 0.520. The minimum atomic E-state index is -3.36. The molecule has 2 N–H and O–H groups in total. The SMILES string of the molecule is CC(N)c1c(-c2ccccc2)c(=O)n2cc(F)ccc2c1-c1ccc(S(C)(=O)=O)cc1. The van der Waals surface area contributed by atoms with Gasteiger partial charge >= 0.3 is 0 Å². The Hall–Kier alpha value is -3.29. The van der Waals surface area contributed by atoms with Crippen molar-refractivity contribution in [2.45, 2.75) is 17.9 Å². The van der Waals surface area contributed by atoms with Gasteiger partial charge in [0, 0.05) is 24.1 Å². The molecule has 1 atom stereocenters. The van der Waals surface area contributed by atoms with E-state index < -0.39 is 21.7 Å². The normalized spacial score (nSPS) is 12.8. The number of aromatic nitrogens is 1. The van der Waals surface area contributed by atoms with Crippen LogP contribution in [-0.4, -0.2) is 19.1 Å². The van der Waals surface area contributed by atoms with Crippen LogP contribution in [0.15, 0.2) is 82.6 Å². The van der Waals surface area contributed by atoms with Crippen molar-refractivity contribution in [3.8, 4) is 22.3 Å². The van der Waals surface area contributed by atoms with Crippen LogP contribution in [0, 0.1) is 5.82 Å². The van der Waals surface area contributed by atoms with Gasteiger partial charge in [-0.25, -0.2) is 12.8 Å². The summed E-state index contributed by atoms with van der Waals surface area (Å²) in [6.45, 7) is 1.79. The number of fused-ring (bicyclic) bond motifs is 1. The highest BCUT2D eigenvalue weighted by molar-refractivity contribution is 7.90. The zero-order valence-corrected chi connectivity index (χ0v) is 17.9. The van der Waals surface area contributed by atoms with E-state index in [2.05, 4.69) is 0 Å². The summed E-state index contributed by atoms with van der Waals surface area (Å²) < 4.78 is 39.1. The lowest BCUT2D eigenvalue weighted by atomic mass is 9.88. The summed E-state index contributed by atoms with van der Waals surface area (Å²) in [6.07, 6.45) is 2.30. The van der Waals surface area contributed by atoms with Gasteiger partial charge in [0.15, 0.2) is 9.84 Å². The Morgan fingerprint density at radius 1 is 0.903 bits per heavy atom. The topological polar surface area (TPSA) is 81.6 Å². The molecule has 4 aromatic rings. The lowest BCUT2D eigenvalue weighted by molar-refractivity contribution is 0.602. The maximum Gasteiger partial charge on any atom is 0.263 e. The Morgan fingerprint density at radius 2 is 1.52 bits per heavy atom. The molecule has 0 amide bonds. The van der Waals surface area contributed by atoms with Crippen LogP contribution in [0.5, 0.6) is 0 Å². The first kappa shape index (κ1) is 21.0. The second-order valence-electron chi connectivity index (χ2n) is 7.52. The van der Waals surface area contributed by atoms with E-state index in [9.17, 15) is 17.6 Å². The third kappa shape index (κ3) is 3.78. The van der Waals surface area contributed by atoms with Crippen molar-refractivity contribution in [3.05, 3.63) is 94.7 Å². The van der Waals surface area contributed by atoms with Crippen molar-refractivity contribution in [1.29, 1.82) is 0 Å². The maximum absolute atomic E-state index is 14.1. The Morgan fingerprint density at radius 3 is 2.10 bits per heavy atom. The van der Waals surface area contributed by atoms with Gasteiger partial charge in [-0.05, 0) is 47.9 Å². The van der Waals surface area contributed by atoms with E-state index in [0.29, 0.717) is 33.3 Å². The Labute approximate surface area is 179 Å². The summed E-state index contributed by atoms with van der Waals surface area (Å²) in [5.41, 5.74) is 9.51. The molecule has 0 aliphatic rings. The molecule has 1 unspecified atom stereocenters. The molecule has 0 saturated carbocycles. The standard InChI is InChI=1S/C24H21FN2O3S/c1-15(26)21-22(17-8-11-19(12-9-17)31(2,29)30)20-13-10-18(25)14-27(20)24(28)23(21)16-6-4-3-5-7-16/h3-15H,26H2,1-2H3. The molecule has 158 valence electrons. The molecule has 31 heavy (non-hydrogen) atoms. The van der Waals surface area contributed by atoms with Gasteiger partial charge in [-0.15, -0.1) is 0 Å². The molecule has 0 bridgehead atoms. The molecular weight excluding hydrogens is 415 g/mol. The summed E-state index contributed by atoms with van der Waals surface area (Å²) in [5.74, 6) is -0.541. The average molecular weight is 437 g/mol. The van der Waals surface area contributed by atoms with Crippen molar-refractivity contribution in [3.63, 3.8) is 0 Å². The van der Waals surface area contributed by atoms with Crippen LogP contribution < -0.4 is 11.3 Å².